The lowest BCUT2D eigenvalue weighted by Gasteiger charge is -2.30. The standard InChI is InChI=1S/C13H27NS/c1-10(2)8-15-9-13(14)12-6-4-11(3)5-7-12/h10-13H,4-9,14H2,1-3H3. The third-order valence-electron chi connectivity index (χ3n) is 3.43. The van der Waals surface area contributed by atoms with E-state index in [1.807, 2.05) is 11.8 Å². The average Bonchev–Trinajstić information content (AvgIpc) is 2.18. The number of hydrogen-bond acceptors (Lipinski definition) is 2. The average molecular weight is 229 g/mol. The molecule has 0 radical (unpaired) electrons. The van der Waals surface area contributed by atoms with Gasteiger partial charge in [-0.3, -0.25) is 0 Å². The van der Waals surface area contributed by atoms with Crippen LogP contribution < -0.4 is 5.73 Å². The highest BCUT2D eigenvalue weighted by Crippen LogP contribution is 2.30. The SMILES string of the molecule is CC(C)CSCC(N)C1CCC(C)CC1. The Hall–Kier alpha value is 0.310. The minimum atomic E-state index is 0.446. The summed E-state index contributed by atoms with van der Waals surface area (Å²) < 4.78 is 0. The molecule has 0 heterocycles. The molecule has 0 bridgehead atoms. The summed E-state index contributed by atoms with van der Waals surface area (Å²) in [6.07, 6.45) is 5.52. The molecule has 1 fully saturated rings. The Morgan fingerprint density at radius 1 is 1.13 bits per heavy atom. The quantitative estimate of drug-likeness (QED) is 0.780. The van der Waals surface area contributed by atoms with Gasteiger partial charge >= 0.3 is 0 Å². The topological polar surface area (TPSA) is 26.0 Å². The van der Waals surface area contributed by atoms with E-state index < -0.39 is 0 Å². The Kier molecular flexibility index (Phi) is 6.06. The van der Waals surface area contributed by atoms with Crippen LogP contribution in [0.3, 0.4) is 0 Å². The fraction of sp³-hybridized carbons (Fsp3) is 1.00. The molecule has 15 heavy (non-hydrogen) atoms. The Bertz CT molecular complexity index is 162. The van der Waals surface area contributed by atoms with E-state index in [0.29, 0.717) is 6.04 Å². The molecule has 2 heteroatoms. The molecule has 1 unspecified atom stereocenters. The first kappa shape index (κ1) is 13.4. The molecular weight excluding hydrogens is 202 g/mol. The van der Waals surface area contributed by atoms with Crippen LogP contribution in [-0.4, -0.2) is 17.5 Å². The van der Waals surface area contributed by atoms with E-state index in [0.717, 1.165) is 23.5 Å². The molecule has 90 valence electrons. The summed E-state index contributed by atoms with van der Waals surface area (Å²) in [4.78, 5) is 0. The number of hydrogen-bond donors (Lipinski definition) is 1. The van der Waals surface area contributed by atoms with Crippen LogP contribution in [-0.2, 0) is 0 Å². The third-order valence-corrected chi connectivity index (χ3v) is 4.95. The summed E-state index contributed by atoms with van der Waals surface area (Å²) in [6, 6.07) is 0.446. The van der Waals surface area contributed by atoms with Crippen molar-refractivity contribution >= 4 is 11.8 Å². The van der Waals surface area contributed by atoms with Crippen molar-refractivity contribution in [3.8, 4) is 0 Å². The van der Waals surface area contributed by atoms with Crippen LogP contribution in [0.1, 0.15) is 46.5 Å². The summed E-state index contributed by atoms with van der Waals surface area (Å²) in [5, 5.41) is 0. The van der Waals surface area contributed by atoms with Crippen LogP contribution in [0.25, 0.3) is 0 Å². The van der Waals surface area contributed by atoms with Crippen LogP contribution >= 0.6 is 11.8 Å². The van der Waals surface area contributed by atoms with E-state index in [1.165, 1.54) is 31.4 Å². The Morgan fingerprint density at radius 2 is 1.73 bits per heavy atom. The first-order valence-electron chi connectivity index (χ1n) is 6.43. The van der Waals surface area contributed by atoms with E-state index >= 15 is 0 Å². The van der Waals surface area contributed by atoms with Gasteiger partial charge in [0.25, 0.3) is 0 Å². The Balaban J connectivity index is 2.13. The number of nitrogens with two attached hydrogens (primary N) is 1. The van der Waals surface area contributed by atoms with Gasteiger partial charge in [-0.2, -0.15) is 11.8 Å². The fourth-order valence-electron chi connectivity index (χ4n) is 2.29. The molecule has 0 aromatic heterocycles. The molecule has 0 aliphatic heterocycles. The van der Waals surface area contributed by atoms with Crippen LogP contribution in [0.5, 0.6) is 0 Å². The summed E-state index contributed by atoms with van der Waals surface area (Å²) in [7, 11) is 0. The molecule has 1 aliphatic carbocycles. The van der Waals surface area contributed by atoms with Crippen molar-refractivity contribution in [1.82, 2.24) is 0 Å². The minimum absolute atomic E-state index is 0.446. The van der Waals surface area contributed by atoms with Gasteiger partial charge in [-0.15, -0.1) is 0 Å². The zero-order chi connectivity index (χ0) is 11.3. The Labute approximate surface area is 99.6 Å². The normalized spacial score (nSPS) is 29.4. The maximum absolute atomic E-state index is 6.26. The van der Waals surface area contributed by atoms with E-state index in [9.17, 15) is 0 Å². The van der Waals surface area contributed by atoms with E-state index in [1.54, 1.807) is 0 Å². The molecule has 1 saturated carbocycles. The lowest BCUT2D eigenvalue weighted by Crippen LogP contribution is -2.35. The van der Waals surface area contributed by atoms with Gasteiger partial charge in [-0.25, -0.2) is 0 Å². The van der Waals surface area contributed by atoms with Gasteiger partial charge in [0.2, 0.25) is 0 Å². The van der Waals surface area contributed by atoms with Crippen LogP contribution in [0, 0.1) is 17.8 Å². The maximum Gasteiger partial charge on any atom is 0.0158 e. The smallest absolute Gasteiger partial charge is 0.0158 e. The van der Waals surface area contributed by atoms with Gasteiger partial charge in [0.05, 0.1) is 0 Å². The first-order valence-corrected chi connectivity index (χ1v) is 7.58. The highest BCUT2D eigenvalue weighted by molar-refractivity contribution is 7.99. The molecule has 0 aromatic carbocycles. The van der Waals surface area contributed by atoms with Gasteiger partial charge in [-0.05, 0) is 36.3 Å². The van der Waals surface area contributed by atoms with Crippen molar-refractivity contribution in [3.63, 3.8) is 0 Å². The van der Waals surface area contributed by atoms with Crippen molar-refractivity contribution in [1.29, 1.82) is 0 Å². The zero-order valence-corrected chi connectivity index (χ0v) is 11.4. The van der Waals surface area contributed by atoms with Gasteiger partial charge in [0, 0.05) is 11.8 Å². The second kappa shape index (κ2) is 6.80. The number of rotatable bonds is 5. The molecule has 0 saturated heterocycles. The summed E-state index contributed by atoms with van der Waals surface area (Å²) in [6.45, 7) is 6.93. The van der Waals surface area contributed by atoms with Crippen LogP contribution in [0.2, 0.25) is 0 Å². The molecular formula is C13H27NS. The monoisotopic (exact) mass is 229 g/mol. The molecule has 0 aromatic rings. The van der Waals surface area contributed by atoms with Gasteiger partial charge in [0.15, 0.2) is 0 Å². The third kappa shape index (κ3) is 5.26. The highest BCUT2D eigenvalue weighted by Gasteiger charge is 2.23. The zero-order valence-electron chi connectivity index (χ0n) is 10.5. The number of thioether (sulfide) groups is 1. The van der Waals surface area contributed by atoms with Gasteiger partial charge in [0.1, 0.15) is 0 Å². The fourth-order valence-corrected chi connectivity index (χ4v) is 3.44. The van der Waals surface area contributed by atoms with Crippen LogP contribution in [0.15, 0.2) is 0 Å². The van der Waals surface area contributed by atoms with E-state index in [-0.39, 0.29) is 0 Å². The predicted molar refractivity (Wildman–Crippen MR) is 71.3 cm³/mol. The van der Waals surface area contributed by atoms with E-state index in [2.05, 4.69) is 20.8 Å². The van der Waals surface area contributed by atoms with Crippen molar-refractivity contribution in [2.75, 3.05) is 11.5 Å². The molecule has 1 atom stereocenters. The van der Waals surface area contributed by atoms with Crippen molar-refractivity contribution in [2.24, 2.45) is 23.5 Å². The molecule has 1 nitrogen and oxygen atoms in total. The maximum atomic E-state index is 6.26. The van der Waals surface area contributed by atoms with Crippen molar-refractivity contribution in [3.05, 3.63) is 0 Å². The van der Waals surface area contributed by atoms with Crippen molar-refractivity contribution in [2.45, 2.75) is 52.5 Å². The lowest BCUT2D eigenvalue weighted by molar-refractivity contribution is 0.264. The van der Waals surface area contributed by atoms with Crippen LogP contribution in [0.4, 0.5) is 0 Å². The molecule has 0 amide bonds. The van der Waals surface area contributed by atoms with Crippen molar-refractivity contribution < 1.29 is 0 Å². The predicted octanol–water partition coefficient (Wildman–Crippen LogP) is 3.53. The minimum Gasteiger partial charge on any atom is -0.327 e. The molecule has 0 spiro atoms. The van der Waals surface area contributed by atoms with Gasteiger partial charge < -0.3 is 5.73 Å². The lowest BCUT2D eigenvalue weighted by atomic mass is 9.80. The summed E-state index contributed by atoms with van der Waals surface area (Å²) in [5.41, 5.74) is 6.26. The molecule has 1 aliphatic rings. The summed E-state index contributed by atoms with van der Waals surface area (Å²) in [5.74, 6) is 4.97. The Morgan fingerprint density at radius 3 is 2.27 bits per heavy atom. The van der Waals surface area contributed by atoms with Gasteiger partial charge in [-0.1, -0.05) is 33.6 Å². The second-order valence-electron chi connectivity index (χ2n) is 5.62. The molecule has 2 N–H and O–H groups in total. The first-order chi connectivity index (χ1) is 7.09. The summed E-state index contributed by atoms with van der Waals surface area (Å²) >= 11 is 2.04. The highest BCUT2D eigenvalue weighted by atomic mass is 32.2. The molecule has 1 rings (SSSR count). The van der Waals surface area contributed by atoms with E-state index in [4.69, 9.17) is 5.73 Å². The largest absolute Gasteiger partial charge is 0.327 e. The second-order valence-corrected chi connectivity index (χ2v) is 6.69.